The first kappa shape index (κ1) is 13.3. The highest BCUT2D eigenvalue weighted by atomic mass is 35.5. The molecule has 0 spiro atoms. The number of pyridine rings is 1. The average Bonchev–Trinajstić information content (AvgIpc) is 2.38. The van der Waals surface area contributed by atoms with E-state index in [4.69, 9.17) is 11.6 Å². The minimum Gasteiger partial charge on any atom is -0.387 e. The molecule has 2 nitrogen and oxygen atoms in total. The van der Waals surface area contributed by atoms with E-state index < -0.39 is 11.9 Å². The van der Waals surface area contributed by atoms with Gasteiger partial charge in [0.05, 0.1) is 12.3 Å². The predicted molar refractivity (Wildman–Crippen MR) is 71.3 cm³/mol. The van der Waals surface area contributed by atoms with Gasteiger partial charge in [-0.05, 0) is 30.3 Å². The molecule has 18 heavy (non-hydrogen) atoms. The van der Waals surface area contributed by atoms with Crippen molar-refractivity contribution in [2.24, 2.45) is 0 Å². The van der Waals surface area contributed by atoms with Gasteiger partial charge in [0.1, 0.15) is 5.82 Å². The lowest BCUT2D eigenvalue weighted by Crippen LogP contribution is -2.03. The number of aliphatic hydroxyl groups is 1. The van der Waals surface area contributed by atoms with Crippen molar-refractivity contribution in [3.63, 3.8) is 0 Å². The van der Waals surface area contributed by atoms with Crippen LogP contribution in [-0.2, 0) is 0 Å². The Hall–Kier alpha value is -1.10. The molecule has 0 bridgehead atoms. The number of thioether (sulfide) groups is 1. The number of halogens is 2. The molecule has 1 heterocycles. The first-order valence-electron chi connectivity index (χ1n) is 5.32. The van der Waals surface area contributed by atoms with Crippen molar-refractivity contribution in [2.45, 2.75) is 11.0 Å². The van der Waals surface area contributed by atoms with E-state index in [2.05, 4.69) is 4.98 Å². The summed E-state index contributed by atoms with van der Waals surface area (Å²) >= 11 is 7.22. The molecule has 94 valence electrons. The van der Waals surface area contributed by atoms with Crippen molar-refractivity contribution in [1.82, 2.24) is 4.98 Å². The number of hydrogen-bond acceptors (Lipinski definition) is 3. The second-order valence-electron chi connectivity index (χ2n) is 3.68. The van der Waals surface area contributed by atoms with Crippen molar-refractivity contribution in [3.8, 4) is 0 Å². The number of aliphatic hydroxyl groups excluding tert-OH is 1. The fourth-order valence-corrected chi connectivity index (χ4v) is 2.44. The smallest absolute Gasteiger partial charge is 0.147 e. The second kappa shape index (κ2) is 6.18. The van der Waals surface area contributed by atoms with Gasteiger partial charge in [0.2, 0.25) is 0 Å². The Morgan fingerprint density at radius 1 is 1.28 bits per heavy atom. The maximum atomic E-state index is 13.4. The lowest BCUT2D eigenvalue weighted by atomic mass is 10.2. The van der Waals surface area contributed by atoms with Gasteiger partial charge in [-0.15, -0.1) is 11.8 Å². The quantitative estimate of drug-likeness (QED) is 0.869. The Bertz CT molecular complexity index is 521. The first-order chi connectivity index (χ1) is 8.66. The molecule has 0 aliphatic heterocycles. The highest BCUT2D eigenvalue weighted by Gasteiger charge is 2.12. The standard InChI is InChI=1S/C13H11ClFNOS/c14-9-1-3-10(4-2-9)18-8-13(17)11-5-6-16-7-12(11)15/h1-7,13,17H,8H2. The molecule has 0 fully saturated rings. The normalized spacial score (nSPS) is 12.4. The van der Waals surface area contributed by atoms with Crippen LogP contribution in [0.4, 0.5) is 4.39 Å². The van der Waals surface area contributed by atoms with Crippen LogP contribution < -0.4 is 0 Å². The summed E-state index contributed by atoms with van der Waals surface area (Å²) in [6.07, 6.45) is 1.72. The molecule has 5 heteroatoms. The Labute approximate surface area is 114 Å². The Kier molecular flexibility index (Phi) is 4.58. The van der Waals surface area contributed by atoms with Crippen LogP contribution in [0.15, 0.2) is 47.6 Å². The molecule has 1 unspecified atom stereocenters. The number of benzene rings is 1. The SMILES string of the molecule is OC(CSc1ccc(Cl)cc1)c1ccncc1F. The molecule has 1 aromatic heterocycles. The van der Waals surface area contributed by atoms with E-state index >= 15 is 0 Å². The van der Waals surface area contributed by atoms with E-state index in [-0.39, 0.29) is 5.56 Å². The van der Waals surface area contributed by atoms with E-state index in [1.165, 1.54) is 24.0 Å². The van der Waals surface area contributed by atoms with Crippen LogP contribution in [0.2, 0.25) is 5.02 Å². The van der Waals surface area contributed by atoms with E-state index in [1.807, 2.05) is 12.1 Å². The minimum atomic E-state index is -0.853. The monoisotopic (exact) mass is 283 g/mol. The maximum Gasteiger partial charge on any atom is 0.147 e. The van der Waals surface area contributed by atoms with Gasteiger partial charge in [-0.2, -0.15) is 0 Å². The van der Waals surface area contributed by atoms with Crippen LogP contribution in [0.5, 0.6) is 0 Å². The molecular weight excluding hydrogens is 273 g/mol. The van der Waals surface area contributed by atoms with Crippen LogP contribution in [0.3, 0.4) is 0 Å². The molecule has 0 amide bonds. The lowest BCUT2D eigenvalue weighted by molar-refractivity contribution is 0.198. The van der Waals surface area contributed by atoms with Crippen LogP contribution in [0.1, 0.15) is 11.7 Å². The topological polar surface area (TPSA) is 33.1 Å². The van der Waals surface area contributed by atoms with Gasteiger partial charge in [-0.3, -0.25) is 4.98 Å². The molecule has 1 aromatic carbocycles. The fourth-order valence-electron chi connectivity index (χ4n) is 1.45. The summed E-state index contributed by atoms with van der Waals surface area (Å²) in [6, 6.07) is 8.78. The molecule has 1 atom stereocenters. The third-order valence-corrected chi connectivity index (χ3v) is 3.72. The number of aromatic nitrogens is 1. The largest absolute Gasteiger partial charge is 0.387 e. The first-order valence-corrected chi connectivity index (χ1v) is 6.69. The zero-order valence-corrected chi connectivity index (χ0v) is 11.0. The summed E-state index contributed by atoms with van der Waals surface area (Å²) < 4.78 is 13.4. The van der Waals surface area contributed by atoms with Crippen molar-refractivity contribution in [1.29, 1.82) is 0 Å². The summed E-state index contributed by atoms with van der Waals surface area (Å²) in [4.78, 5) is 4.63. The van der Waals surface area contributed by atoms with E-state index in [1.54, 1.807) is 12.1 Å². The van der Waals surface area contributed by atoms with Crippen molar-refractivity contribution >= 4 is 23.4 Å². The molecule has 0 saturated carbocycles. The van der Waals surface area contributed by atoms with E-state index in [0.717, 1.165) is 11.1 Å². The molecule has 0 aliphatic rings. The van der Waals surface area contributed by atoms with Crippen LogP contribution in [0.25, 0.3) is 0 Å². The average molecular weight is 284 g/mol. The highest BCUT2D eigenvalue weighted by Crippen LogP contribution is 2.26. The summed E-state index contributed by atoms with van der Waals surface area (Å²) in [7, 11) is 0. The van der Waals surface area contributed by atoms with Gasteiger partial charge in [-0.25, -0.2) is 4.39 Å². The number of nitrogens with zero attached hydrogens (tertiary/aromatic N) is 1. The Morgan fingerprint density at radius 3 is 2.67 bits per heavy atom. The Morgan fingerprint density at radius 2 is 2.00 bits per heavy atom. The lowest BCUT2D eigenvalue weighted by Gasteiger charge is -2.11. The van der Waals surface area contributed by atoms with E-state index in [9.17, 15) is 9.50 Å². The van der Waals surface area contributed by atoms with Crippen molar-refractivity contribution in [2.75, 3.05) is 5.75 Å². The third kappa shape index (κ3) is 3.45. The van der Waals surface area contributed by atoms with Gasteiger partial charge in [0.25, 0.3) is 0 Å². The molecule has 2 aromatic rings. The zero-order valence-electron chi connectivity index (χ0n) is 9.38. The summed E-state index contributed by atoms with van der Waals surface area (Å²) in [6.45, 7) is 0. The van der Waals surface area contributed by atoms with Gasteiger partial charge in [-0.1, -0.05) is 11.6 Å². The van der Waals surface area contributed by atoms with Gasteiger partial charge in [0, 0.05) is 27.4 Å². The third-order valence-electron chi connectivity index (χ3n) is 2.38. The van der Waals surface area contributed by atoms with E-state index in [0.29, 0.717) is 10.8 Å². The summed E-state index contributed by atoms with van der Waals surface area (Å²) in [5.41, 5.74) is 0.270. The highest BCUT2D eigenvalue weighted by molar-refractivity contribution is 7.99. The minimum absolute atomic E-state index is 0.270. The number of rotatable bonds is 4. The Balaban J connectivity index is 1.98. The van der Waals surface area contributed by atoms with Crippen molar-refractivity contribution < 1.29 is 9.50 Å². The van der Waals surface area contributed by atoms with Gasteiger partial charge < -0.3 is 5.11 Å². The maximum absolute atomic E-state index is 13.4. The predicted octanol–water partition coefficient (Wildman–Crippen LogP) is 3.70. The molecule has 0 radical (unpaired) electrons. The van der Waals surface area contributed by atoms with Crippen LogP contribution in [0, 0.1) is 5.82 Å². The molecule has 2 rings (SSSR count). The molecule has 0 aliphatic carbocycles. The molecule has 0 saturated heterocycles. The van der Waals surface area contributed by atoms with Gasteiger partial charge in [0.15, 0.2) is 0 Å². The molecule has 1 N–H and O–H groups in total. The summed E-state index contributed by atoms with van der Waals surface area (Å²) in [5.74, 6) is -0.107. The summed E-state index contributed by atoms with van der Waals surface area (Å²) in [5, 5.41) is 10.6. The van der Waals surface area contributed by atoms with Crippen LogP contribution in [-0.4, -0.2) is 15.8 Å². The second-order valence-corrected chi connectivity index (χ2v) is 5.21. The molecular formula is C13H11ClFNOS. The van der Waals surface area contributed by atoms with Gasteiger partial charge >= 0.3 is 0 Å². The zero-order chi connectivity index (χ0) is 13.0. The van der Waals surface area contributed by atoms with Crippen LogP contribution >= 0.6 is 23.4 Å². The number of hydrogen-bond donors (Lipinski definition) is 1. The fraction of sp³-hybridized carbons (Fsp3) is 0.154. The van der Waals surface area contributed by atoms with Crippen molar-refractivity contribution in [3.05, 3.63) is 59.1 Å².